The van der Waals surface area contributed by atoms with Gasteiger partial charge in [-0.3, -0.25) is 9.69 Å². The normalized spacial score (nSPS) is 37.3. The molecule has 0 aromatic heterocycles. The molecule has 0 aliphatic carbocycles. The SMILES string of the molecule is C[C@H]1CN(CCCN(CCC#N)C(=O)Nc2ccc(Cl)cc2Cl)[C@H](C)[C@@H](O)[C@](C)(O)[C@@H](I)OC(=O)[C@H](C)[C@@H](O)[C@H](C)[C@@H](O[C@@H]2O[C@H](C)C[C@H](N(C)C)[C@H]2O)[C@](C)(O)C1. The highest BCUT2D eigenvalue weighted by Gasteiger charge is 2.50. The monoisotopic (exact) mass is 971 g/mol. The molecule has 0 spiro atoms. The maximum Gasteiger partial charge on any atom is 0.321 e. The zero-order valence-corrected chi connectivity index (χ0v) is 38.7. The van der Waals surface area contributed by atoms with Crippen molar-refractivity contribution in [2.45, 2.75) is 138 Å². The number of carbonyl (C=O) groups is 2. The molecule has 6 N–H and O–H groups in total. The van der Waals surface area contributed by atoms with E-state index < -0.39 is 75.9 Å². The van der Waals surface area contributed by atoms with Crippen molar-refractivity contribution in [1.82, 2.24) is 14.7 Å². The number of ether oxygens (including phenoxy) is 3. The Labute approximate surface area is 367 Å². The van der Waals surface area contributed by atoms with Crippen LogP contribution in [0.3, 0.4) is 0 Å². The number of aliphatic hydroxyl groups excluding tert-OH is 3. The van der Waals surface area contributed by atoms with Gasteiger partial charge in [0.15, 0.2) is 10.4 Å². The van der Waals surface area contributed by atoms with E-state index in [2.05, 4.69) is 11.4 Å². The van der Waals surface area contributed by atoms with Crippen molar-refractivity contribution < 1.29 is 49.3 Å². The Morgan fingerprint density at radius 3 is 2.36 bits per heavy atom. The van der Waals surface area contributed by atoms with Crippen LogP contribution in [0.4, 0.5) is 10.5 Å². The van der Waals surface area contributed by atoms with Crippen LogP contribution < -0.4 is 5.32 Å². The molecule has 2 fully saturated rings. The third-order valence-corrected chi connectivity index (χ3v) is 13.6. The van der Waals surface area contributed by atoms with Crippen LogP contribution in [0.15, 0.2) is 18.2 Å². The van der Waals surface area contributed by atoms with Gasteiger partial charge in [0.25, 0.3) is 0 Å². The van der Waals surface area contributed by atoms with Gasteiger partial charge in [0.1, 0.15) is 17.8 Å². The minimum atomic E-state index is -1.95. The standard InChI is InChI=1S/C40H64Cl2IN5O10/c1-22-20-39(6,54)34(57-36-32(50)30(46(8)9)18-23(2)56-36)24(3)31(49)25(4)35(52)58-37(43)40(7,55)33(51)26(5)48(21-22)17-11-16-47(15-10-14-44)38(53)45-29-13-12-27(41)19-28(29)42/h12-13,19,22-26,30-34,36-37,49-51,54-55H,10-11,15-18,20-21H2,1-9H3,(H,45,53)/t22-,23-,24+,25-,26-,30+,31+,32-,33-,34-,36+,37+,39-,40+/m1/s1. The van der Waals surface area contributed by atoms with Crippen LogP contribution in [0.5, 0.6) is 0 Å². The van der Waals surface area contributed by atoms with Gasteiger partial charge in [-0.1, -0.05) is 37.0 Å². The number of benzene rings is 1. The van der Waals surface area contributed by atoms with Crippen molar-refractivity contribution >= 4 is 63.5 Å². The molecule has 2 saturated heterocycles. The summed E-state index contributed by atoms with van der Waals surface area (Å²) in [7, 11) is 3.70. The number of anilines is 1. The molecule has 0 saturated carbocycles. The third kappa shape index (κ3) is 13.2. The molecule has 3 rings (SSSR count). The van der Waals surface area contributed by atoms with Crippen LogP contribution in [0, 0.1) is 29.1 Å². The molecule has 2 aliphatic heterocycles. The lowest BCUT2D eigenvalue weighted by atomic mass is 9.78. The average molecular weight is 973 g/mol. The van der Waals surface area contributed by atoms with E-state index in [1.54, 1.807) is 55.5 Å². The van der Waals surface area contributed by atoms with E-state index in [0.29, 0.717) is 36.6 Å². The fourth-order valence-corrected chi connectivity index (χ4v) is 9.13. The summed E-state index contributed by atoms with van der Waals surface area (Å²) in [5, 5.41) is 71.5. The lowest BCUT2D eigenvalue weighted by molar-refractivity contribution is -0.299. The van der Waals surface area contributed by atoms with Crippen LogP contribution in [0.25, 0.3) is 0 Å². The van der Waals surface area contributed by atoms with Crippen LogP contribution in [0.2, 0.25) is 10.0 Å². The van der Waals surface area contributed by atoms with Crippen LogP contribution in [-0.4, -0.2) is 157 Å². The van der Waals surface area contributed by atoms with E-state index in [9.17, 15) is 40.4 Å². The summed E-state index contributed by atoms with van der Waals surface area (Å²) in [6.45, 7) is 12.6. The quantitative estimate of drug-likeness (QED) is 0.109. The van der Waals surface area contributed by atoms with Gasteiger partial charge in [0.2, 0.25) is 0 Å². The third-order valence-electron chi connectivity index (χ3n) is 11.5. The van der Waals surface area contributed by atoms with Gasteiger partial charge < -0.3 is 54.9 Å². The van der Waals surface area contributed by atoms with Gasteiger partial charge in [-0.15, -0.1) is 0 Å². The van der Waals surface area contributed by atoms with E-state index in [-0.39, 0.29) is 49.0 Å². The number of nitrogens with zero attached hydrogens (tertiary/aromatic N) is 4. The first kappa shape index (κ1) is 50.8. The van der Waals surface area contributed by atoms with Gasteiger partial charge in [0.05, 0.1) is 53.0 Å². The number of halogens is 3. The Morgan fingerprint density at radius 1 is 1.10 bits per heavy atom. The van der Waals surface area contributed by atoms with Gasteiger partial charge >= 0.3 is 12.0 Å². The number of rotatable bonds is 10. The Kier molecular flexibility index (Phi) is 19.2. The Bertz CT molecular complexity index is 1560. The van der Waals surface area contributed by atoms with Crippen molar-refractivity contribution in [1.29, 1.82) is 5.26 Å². The summed E-state index contributed by atoms with van der Waals surface area (Å²) < 4.78 is 17.0. The maximum absolute atomic E-state index is 13.5. The molecular weight excluding hydrogens is 908 g/mol. The number of nitriles is 1. The molecule has 330 valence electrons. The fraction of sp³-hybridized carbons (Fsp3) is 0.775. The Hall–Kier alpha value is -1.60. The maximum atomic E-state index is 13.5. The van der Waals surface area contributed by atoms with Crippen molar-refractivity contribution in [2.75, 3.05) is 45.6 Å². The number of amides is 2. The molecule has 1 aromatic carbocycles. The molecular formula is C40H64Cl2IN5O10. The molecule has 18 heteroatoms. The number of aliphatic hydroxyl groups is 5. The largest absolute Gasteiger partial charge is 0.448 e. The first-order chi connectivity index (χ1) is 26.9. The van der Waals surface area contributed by atoms with Gasteiger partial charge in [-0.05, 0) is 115 Å². The predicted molar refractivity (Wildman–Crippen MR) is 230 cm³/mol. The number of carbonyl (C=O) groups excluding carboxylic acids is 2. The van der Waals surface area contributed by atoms with Gasteiger partial charge in [-0.25, -0.2) is 4.79 Å². The number of esters is 1. The second-order valence-electron chi connectivity index (χ2n) is 16.9. The van der Waals surface area contributed by atoms with Gasteiger partial charge in [-0.2, -0.15) is 5.26 Å². The topological polar surface area (TPSA) is 209 Å². The van der Waals surface area contributed by atoms with Crippen molar-refractivity contribution in [3.05, 3.63) is 28.2 Å². The van der Waals surface area contributed by atoms with Crippen LogP contribution >= 0.6 is 45.8 Å². The summed E-state index contributed by atoms with van der Waals surface area (Å²) >= 11 is 14.1. The number of alkyl halides is 1. The van der Waals surface area contributed by atoms with Crippen LogP contribution in [0.1, 0.15) is 74.1 Å². The predicted octanol–water partition coefficient (Wildman–Crippen LogP) is 4.47. The number of urea groups is 1. The molecule has 0 unspecified atom stereocenters. The van der Waals surface area contributed by atoms with E-state index in [0.717, 1.165) is 0 Å². The number of likely N-dealkylation sites (N-methyl/N-ethyl adjacent to an activating group) is 1. The van der Waals surface area contributed by atoms with E-state index in [1.165, 1.54) is 24.8 Å². The summed E-state index contributed by atoms with van der Waals surface area (Å²) in [4.78, 5) is 32.3. The minimum Gasteiger partial charge on any atom is -0.448 e. The first-order valence-corrected chi connectivity index (χ1v) is 21.9. The summed E-state index contributed by atoms with van der Waals surface area (Å²) in [6.07, 6.45) is -5.37. The van der Waals surface area contributed by atoms with Crippen LogP contribution in [-0.2, 0) is 19.0 Å². The summed E-state index contributed by atoms with van der Waals surface area (Å²) in [6, 6.07) is 5.25. The Balaban J connectivity index is 1.96. The lowest BCUT2D eigenvalue weighted by Crippen LogP contribution is -2.59. The highest BCUT2D eigenvalue weighted by atomic mass is 127. The molecule has 14 atom stereocenters. The zero-order valence-electron chi connectivity index (χ0n) is 35.0. The van der Waals surface area contributed by atoms with Crippen molar-refractivity contribution in [3.63, 3.8) is 0 Å². The summed E-state index contributed by atoms with van der Waals surface area (Å²) in [5.41, 5.74) is -3.25. The van der Waals surface area contributed by atoms with E-state index in [1.807, 2.05) is 37.7 Å². The number of cyclic esters (lactones) is 1. The number of hydrogen-bond donors (Lipinski definition) is 6. The zero-order chi connectivity index (χ0) is 43.9. The second-order valence-corrected chi connectivity index (χ2v) is 18.9. The molecule has 0 radical (unpaired) electrons. The second kappa shape index (κ2) is 22.0. The minimum absolute atomic E-state index is 0.0813. The number of nitrogens with one attached hydrogen (secondary N) is 1. The van der Waals surface area contributed by atoms with E-state index >= 15 is 0 Å². The smallest absolute Gasteiger partial charge is 0.321 e. The molecule has 15 nitrogen and oxygen atoms in total. The molecule has 0 bridgehead atoms. The Morgan fingerprint density at radius 2 is 1.76 bits per heavy atom. The molecule has 58 heavy (non-hydrogen) atoms. The first-order valence-electron chi connectivity index (χ1n) is 19.9. The van der Waals surface area contributed by atoms with Crippen molar-refractivity contribution in [3.8, 4) is 6.07 Å². The number of hydrogen-bond acceptors (Lipinski definition) is 13. The van der Waals surface area contributed by atoms with E-state index in [4.69, 9.17) is 37.4 Å². The molecule has 1 aromatic rings. The fourth-order valence-electron chi connectivity index (χ4n) is 8.06. The molecule has 2 aliphatic rings. The lowest BCUT2D eigenvalue weighted by Gasteiger charge is -2.46. The van der Waals surface area contributed by atoms with Crippen molar-refractivity contribution in [2.24, 2.45) is 17.8 Å². The highest BCUT2D eigenvalue weighted by molar-refractivity contribution is 14.1. The molecule has 2 amide bonds. The molecule has 2 heterocycles. The summed E-state index contributed by atoms with van der Waals surface area (Å²) in [5.74, 6) is -3.15. The average Bonchev–Trinajstić information content (AvgIpc) is 3.14. The van der Waals surface area contributed by atoms with Gasteiger partial charge in [0, 0.05) is 49.2 Å². The highest BCUT2D eigenvalue weighted by Crippen LogP contribution is 2.37.